The molecule has 0 radical (unpaired) electrons. The van der Waals surface area contributed by atoms with E-state index in [1.807, 2.05) is 54.6 Å². The zero-order chi connectivity index (χ0) is 23.4. The molecule has 1 heterocycles. The fraction of sp³-hybridized carbons (Fsp3) is 0.259. The van der Waals surface area contributed by atoms with Crippen molar-refractivity contribution in [2.75, 3.05) is 27.2 Å². The number of hydrogen-bond acceptors (Lipinski definition) is 3. The van der Waals surface area contributed by atoms with E-state index in [1.54, 1.807) is 24.0 Å². The van der Waals surface area contributed by atoms with Gasteiger partial charge < -0.3 is 14.5 Å². The highest BCUT2D eigenvalue weighted by Gasteiger charge is 2.42. The van der Waals surface area contributed by atoms with Gasteiger partial charge in [-0.1, -0.05) is 48.5 Å². The largest absolute Gasteiger partial charge is 0.496 e. The fourth-order valence-electron chi connectivity index (χ4n) is 4.50. The summed E-state index contributed by atoms with van der Waals surface area (Å²) in [5, 5.41) is 0. The number of benzene rings is 3. The summed E-state index contributed by atoms with van der Waals surface area (Å²) in [6.45, 7) is 1.16. The van der Waals surface area contributed by atoms with E-state index < -0.39 is 11.7 Å². The van der Waals surface area contributed by atoms with Crippen LogP contribution in [0.4, 0.5) is 4.39 Å². The Hall–Kier alpha value is -3.67. The molecular weight excluding hydrogens is 419 g/mol. The maximum atomic E-state index is 13.6. The highest BCUT2D eigenvalue weighted by molar-refractivity contribution is 5.95. The number of halogens is 1. The van der Waals surface area contributed by atoms with Gasteiger partial charge in [-0.05, 0) is 41.5 Å². The fourth-order valence-corrected chi connectivity index (χ4v) is 4.50. The van der Waals surface area contributed by atoms with Crippen molar-refractivity contribution in [2.24, 2.45) is 5.92 Å². The van der Waals surface area contributed by atoms with Gasteiger partial charge in [0, 0.05) is 38.2 Å². The van der Waals surface area contributed by atoms with Gasteiger partial charge in [-0.2, -0.15) is 0 Å². The number of para-hydroxylation sites is 1. The van der Waals surface area contributed by atoms with E-state index in [1.165, 1.54) is 24.3 Å². The van der Waals surface area contributed by atoms with Crippen LogP contribution in [0.2, 0.25) is 0 Å². The Morgan fingerprint density at radius 2 is 1.64 bits per heavy atom. The van der Waals surface area contributed by atoms with Crippen LogP contribution < -0.4 is 4.74 Å². The second-order valence-corrected chi connectivity index (χ2v) is 8.35. The van der Waals surface area contributed by atoms with Crippen molar-refractivity contribution in [2.45, 2.75) is 12.5 Å². The molecule has 1 aliphatic rings. The summed E-state index contributed by atoms with van der Waals surface area (Å²) in [5.41, 5.74) is 2.35. The lowest BCUT2D eigenvalue weighted by Gasteiger charge is -2.25. The number of rotatable bonds is 6. The van der Waals surface area contributed by atoms with Crippen molar-refractivity contribution in [1.82, 2.24) is 9.80 Å². The zero-order valence-electron chi connectivity index (χ0n) is 18.8. The van der Waals surface area contributed by atoms with Crippen molar-refractivity contribution in [3.8, 4) is 5.75 Å². The molecule has 0 aromatic heterocycles. The second kappa shape index (κ2) is 9.86. The van der Waals surface area contributed by atoms with Crippen LogP contribution >= 0.6 is 0 Å². The SMILES string of the molecule is COc1ccccc1C1CN(C(=O)c2ccc(F)cc2)CC1C(=O)N(C)Cc1ccccc1. The number of nitrogens with zero attached hydrogens (tertiary/aromatic N) is 2. The Bertz CT molecular complexity index is 1120. The highest BCUT2D eigenvalue weighted by Crippen LogP contribution is 2.39. The molecule has 2 atom stereocenters. The van der Waals surface area contributed by atoms with Gasteiger partial charge in [-0.3, -0.25) is 9.59 Å². The number of amides is 2. The van der Waals surface area contributed by atoms with Gasteiger partial charge in [0.15, 0.2) is 0 Å². The average molecular weight is 447 g/mol. The van der Waals surface area contributed by atoms with E-state index in [-0.39, 0.29) is 24.3 Å². The molecule has 33 heavy (non-hydrogen) atoms. The van der Waals surface area contributed by atoms with Gasteiger partial charge >= 0.3 is 0 Å². The summed E-state index contributed by atoms with van der Waals surface area (Å²) in [6.07, 6.45) is 0. The van der Waals surface area contributed by atoms with Crippen LogP contribution in [0.1, 0.15) is 27.4 Å². The first kappa shape index (κ1) is 22.5. The smallest absolute Gasteiger partial charge is 0.253 e. The number of ether oxygens (including phenoxy) is 1. The molecule has 4 rings (SSSR count). The monoisotopic (exact) mass is 446 g/mol. The minimum absolute atomic E-state index is 0.0239. The first-order valence-corrected chi connectivity index (χ1v) is 10.9. The Morgan fingerprint density at radius 3 is 2.33 bits per heavy atom. The maximum Gasteiger partial charge on any atom is 0.253 e. The lowest BCUT2D eigenvalue weighted by molar-refractivity contribution is -0.134. The van der Waals surface area contributed by atoms with E-state index in [0.29, 0.717) is 24.4 Å². The van der Waals surface area contributed by atoms with Crippen LogP contribution in [0, 0.1) is 11.7 Å². The third-order valence-corrected chi connectivity index (χ3v) is 6.19. The predicted molar refractivity (Wildman–Crippen MR) is 124 cm³/mol. The minimum Gasteiger partial charge on any atom is -0.496 e. The van der Waals surface area contributed by atoms with Crippen molar-refractivity contribution in [3.05, 3.63) is 101 Å². The molecule has 1 fully saturated rings. The summed E-state index contributed by atoms with van der Waals surface area (Å²) in [5.74, 6) is -0.562. The van der Waals surface area contributed by atoms with Crippen LogP contribution in [-0.4, -0.2) is 48.9 Å². The molecule has 3 aromatic rings. The van der Waals surface area contributed by atoms with Gasteiger partial charge in [0.05, 0.1) is 13.0 Å². The topological polar surface area (TPSA) is 49.9 Å². The van der Waals surface area contributed by atoms with Gasteiger partial charge in [-0.25, -0.2) is 4.39 Å². The predicted octanol–water partition coefficient (Wildman–Crippen LogP) is 4.35. The number of carbonyl (C=O) groups excluding carboxylic acids is 2. The molecule has 1 saturated heterocycles. The van der Waals surface area contributed by atoms with Crippen molar-refractivity contribution in [1.29, 1.82) is 0 Å². The van der Waals surface area contributed by atoms with E-state index in [4.69, 9.17) is 4.74 Å². The summed E-state index contributed by atoms with van der Waals surface area (Å²) in [7, 11) is 3.40. The van der Waals surface area contributed by atoms with E-state index in [9.17, 15) is 14.0 Å². The van der Waals surface area contributed by atoms with E-state index in [2.05, 4.69) is 0 Å². The molecule has 170 valence electrons. The summed E-state index contributed by atoms with van der Waals surface area (Å²) in [4.78, 5) is 30.1. The number of methoxy groups -OCH3 is 1. The van der Waals surface area contributed by atoms with Gasteiger partial charge in [0.25, 0.3) is 5.91 Å². The molecule has 5 nitrogen and oxygen atoms in total. The zero-order valence-corrected chi connectivity index (χ0v) is 18.8. The molecule has 2 unspecified atom stereocenters. The van der Waals surface area contributed by atoms with Crippen LogP contribution in [-0.2, 0) is 11.3 Å². The summed E-state index contributed by atoms with van der Waals surface area (Å²) in [6, 6.07) is 22.9. The van der Waals surface area contributed by atoms with Crippen molar-refractivity contribution >= 4 is 11.8 Å². The quantitative estimate of drug-likeness (QED) is 0.566. The molecule has 2 amide bonds. The summed E-state index contributed by atoms with van der Waals surface area (Å²) < 4.78 is 18.9. The first-order chi connectivity index (χ1) is 16.0. The molecule has 0 N–H and O–H groups in total. The summed E-state index contributed by atoms with van der Waals surface area (Å²) >= 11 is 0. The average Bonchev–Trinajstić information content (AvgIpc) is 3.29. The highest BCUT2D eigenvalue weighted by atomic mass is 19.1. The van der Waals surface area contributed by atoms with Crippen molar-refractivity contribution < 1.29 is 18.7 Å². The Kier molecular flexibility index (Phi) is 6.73. The minimum atomic E-state index is -0.417. The van der Waals surface area contributed by atoms with Crippen molar-refractivity contribution in [3.63, 3.8) is 0 Å². The maximum absolute atomic E-state index is 13.6. The molecule has 1 aliphatic heterocycles. The molecule has 6 heteroatoms. The van der Waals surface area contributed by atoms with Crippen LogP contribution in [0.5, 0.6) is 5.75 Å². The Morgan fingerprint density at radius 1 is 0.970 bits per heavy atom. The van der Waals surface area contributed by atoms with Gasteiger partial charge in [0.2, 0.25) is 5.91 Å². The Balaban J connectivity index is 1.62. The van der Waals surface area contributed by atoms with Crippen LogP contribution in [0.25, 0.3) is 0 Å². The molecule has 0 spiro atoms. The Labute approximate surface area is 193 Å². The lowest BCUT2D eigenvalue weighted by Crippen LogP contribution is -2.36. The molecule has 0 bridgehead atoms. The molecule has 0 aliphatic carbocycles. The molecule has 3 aromatic carbocycles. The van der Waals surface area contributed by atoms with Crippen LogP contribution in [0.15, 0.2) is 78.9 Å². The molecular formula is C27H27FN2O3. The second-order valence-electron chi connectivity index (χ2n) is 8.35. The number of hydrogen-bond donors (Lipinski definition) is 0. The van der Waals surface area contributed by atoms with Crippen LogP contribution in [0.3, 0.4) is 0 Å². The van der Waals surface area contributed by atoms with Gasteiger partial charge in [0.1, 0.15) is 11.6 Å². The van der Waals surface area contributed by atoms with E-state index >= 15 is 0 Å². The van der Waals surface area contributed by atoms with E-state index in [0.717, 1.165) is 11.1 Å². The lowest BCUT2D eigenvalue weighted by atomic mass is 9.87. The standard InChI is InChI=1S/C27H27FN2O3/c1-29(16-19-8-4-3-5-9-19)27(32)24-18-30(26(31)20-12-14-21(28)15-13-20)17-23(24)22-10-6-7-11-25(22)33-2/h3-15,23-24H,16-18H2,1-2H3. The third-order valence-electron chi connectivity index (χ3n) is 6.19. The third kappa shape index (κ3) is 4.90. The van der Waals surface area contributed by atoms with Gasteiger partial charge in [-0.15, -0.1) is 0 Å². The number of carbonyl (C=O) groups is 2. The number of likely N-dealkylation sites (tertiary alicyclic amines) is 1. The normalized spacial score (nSPS) is 17.6. The molecule has 0 saturated carbocycles. The first-order valence-electron chi connectivity index (χ1n) is 10.9.